The smallest absolute Gasteiger partial charge is 0.352 e. The Kier molecular flexibility index (Phi) is 6.96. The van der Waals surface area contributed by atoms with Crippen molar-refractivity contribution in [2.75, 3.05) is 32.1 Å². The molecule has 4 heterocycles. The van der Waals surface area contributed by atoms with Gasteiger partial charge in [-0.3, -0.25) is 14.5 Å². The Balaban J connectivity index is 1.55. The topological polar surface area (TPSA) is 194 Å². The van der Waals surface area contributed by atoms with Crippen LogP contribution in [0.1, 0.15) is 26.0 Å². The zero-order valence-corrected chi connectivity index (χ0v) is 22.1. The van der Waals surface area contributed by atoms with Crippen LogP contribution in [-0.2, 0) is 28.9 Å². The van der Waals surface area contributed by atoms with Gasteiger partial charge in [0.1, 0.15) is 35.5 Å². The van der Waals surface area contributed by atoms with E-state index in [1.807, 2.05) is 14.1 Å². The van der Waals surface area contributed by atoms with Gasteiger partial charge in [0.2, 0.25) is 5.60 Å². The number of nitrogens with zero attached hydrogens (tertiary/aromatic N) is 4. The summed E-state index contributed by atoms with van der Waals surface area (Å²) in [6.45, 7) is 3.20. The second kappa shape index (κ2) is 9.59. The molecule has 1 aromatic rings. The van der Waals surface area contributed by atoms with Crippen molar-refractivity contribution in [1.82, 2.24) is 15.2 Å². The van der Waals surface area contributed by atoms with E-state index in [1.54, 1.807) is 0 Å². The highest BCUT2D eigenvalue weighted by atomic mass is 32.2. The molecule has 2 unspecified atom stereocenters. The normalized spacial score (nSPS) is 25.4. The number of carbonyl (C=O) groups excluding carboxylic acids is 2. The molecule has 3 aliphatic rings. The maximum atomic E-state index is 13.1. The van der Waals surface area contributed by atoms with E-state index in [2.05, 4.69) is 15.5 Å². The van der Waals surface area contributed by atoms with Gasteiger partial charge in [-0.05, 0) is 13.8 Å². The Morgan fingerprint density at radius 2 is 2.05 bits per heavy atom. The lowest BCUT2D eigenvalue weighted by molar-refractivity contribution is -1.06. The number of nitrogen functional groups attached to an aromatic ring is 1. The molecule has 200 valence electrons. The maximum absolute atomic E-state index is 13.1. The summed E-state index contributed by atoms with van der Waals surface area (Å²) in [7, 11) is 3.74. The van der Waals surface area contributed by atoms with E-state index in [1.165, 1.54) is 35.9 Å². The van der Waals surface area contributed by atoms with Crippen LogP contribution < -0.4 is 11.1 Å². The Labute approximate surface area is 219 Å². The predicted molar refractivity (Wildman–Crippen MR) is 132 cm³/mol. The van der Waals surface area contributed by atoms with E-state index < -0.39 is 46.9 Å². The molecular formula is C21H27N6O8S2+. The number of rotatable bonds is 8. The average Bonchev–Trinajstić information content (AvgIpc) is 3.40. The number of fused-ring (bicyclic) bond motifs is 1. The second-order valence-corrected chi connectivity index (χ2v) is 11.6. The van der Waals surface area contributed by atoms with Gasteiger partial charge < -0.3 is 26.1 Å². The number of carboxylic acid groups (broad SMARTS) is 2. The minimum Gasteiger partial charge on any atom is -0.478 e. The molecule has 14 nitrogen and oxygen atoms in total. The molecule has 5 N–H and O–H groups in total. The number of thiazole rings is 1. The summed E-state index contributed by atoms with van der Waals surface area (Å²) in [5.74, 6) is -3.70. The number of oxime groups is 1. The van der Waals surface area contributed by atoms with Crippen molar-refractivity contribution in [2.24, 2.45) is 5.16 Å². The number of anilines is 1. The molecule has 0 aromatic carbocycles. The lowest BCUT2D eigenvalue weighted by Gasteiger charge is -2.49. The zero-order chi connectivity index (χ0) is 27.3. The number of amides is 2. The molecule has 3 atom stereocenters. The van der Waals surface area contributed by atoms with Crippen LogP contribution in [0.3, 0.4) is 0 Å². The average molecular weight is 556 g/mol. The molecule has 0 radical (unpaired) electrons. The summed E-state index contributed by atoms with van der Waals surface area (Å²) in [5.41, 5.74) is 3.99. The lowest BCUT2D eigenvalue weighted by atomic mass is 9.99. The molecule has 3 aliphatic heterocycles. The molecule has 2 fully saturated rings. The van der Waals surface area contributed by atoms with Crippen LogP contribution in [0.15, 0.2) is 21.8 Å². The molecule has 0 aliphatic carbocycles. The zero-order valence-electron chi connectivity index (χ0n) is 20.5. The molecule has 0 bridgehead atoms. The number of nitrogens with two attached hydrogens (primary N) is 1. The number of hydrogen-bond donors (Lipinski definition) is 4. The summed E-state index contributed by atoms with van der Waals surface area (Å²) in [5, 5.41) is 26.4. The fraction of sp³-hybridized carbons (Fsp3) is 0.524. The molecule has 37 heavy (non-hydrogen) atoms. The second-order valence-electron chi connectivity index (χ2n) is 9.64. The Morgan fingerprint density at radius 1 is 1.35 bits per heavy atom. The van der Waals surface area contributed by atoms with Crippen LogP contribution >= 0.6 is 23.1 Å². The predicted octanol–water partition coefficient (Wildman–Crippen LogP) is -0.172. The lowest BCUT2D eigenvalue weighted by Crippen LogP contribution is -2.71. The van der Waals surface area contributed by atoms with Crippen LogP contribution in [-0.4, -0.2) is 104 Å². The third-order valence-electron chi connectivity index (χ3n) is 6.08. The Bertz CT molecular complexity index is 1230. The fourth-order valence-corrected chi connectivity index (χ4v) is 5.97. The fourth-order valence-electron chi connectivity index (χ4n) is 4.01. The molecule has 0 spiro atoms. The van der Waals surface area contributed by atoms with Gasteiger partial charge >= 0.3 is 11.9 Å². The summed E-state index contributed by atoms with van der Waals surface area (Å²) >= 11 is 2.35. The number of aliphatic carboxylic acids is 2. The monoisotopic (exact) mass is 555 g/mol. The molecule has 2 amide bonds. The third-order valence-corrected chi connectivity index (χ3v) is 8.05. The first-order valence-electron chi connectivity index (χ1n) is 11.2. The van der Waals surface area contributed by atoms with Gasteiger partial charge in [0.25, 0.3) is 11.8 Å². The van der Waals surface area contributed by atoms with E-state index in [4.69, 9.17) is 15.4 Å². The SMILES string of the molecule is CC(C)(O/N=C(\C(=O)NC1C(=O)N2C(C(=O)O)=C([C@@H]3CC[N+](C)(C)O3)CSC12)c1csc(N)n1)C(=O)O. The van der Waals surface area contributed by atoms with Crippen molar-refractivity contribution < 1.29 is 43.7 Å². The van der Waals surface area contributed by atoms with Crippen molar-refractivity contribution in [2.45, 2.75) is 43.4 Å². The Morgan fingerprint density at radius 3 is 2.59 bits per heavy atom. The molecule has 2 saturated heterocycles. The first-order chi connectivity index (χ1) is 17.2. The molecule has 4 rings (SSSR count). The minimum atomic E-state index is -1.75. The number of quaternary nitrogens is 1. The summed E-state index contributed by atoms with van der Waals surface area (Å²) in [4.78, 5) is 66.0. The van der Waals surface area contributed by atoms with Gasteiger partial charge in [0.15, 0.2) is 10.8 Å². The van der Waals surface area contributed by atoms with Gasteiger partial charge in [-0.1, -0.05) is 5.16 Å². The van der Waals surface area contributed by atoms with Gasteiger partial charge in [-0.2, -0.15) is 9.48 Å². The van der Waals surface area contributed by atoms with E-state index in [9.17, 15) is 29.4 Å². The van der Waals surface area contributed by atoms with Crippen molar-refractivity contribution in [3.8, 4) is 0 Å². The molecule has 0 saturated carbocycles. The van der Waals surface area contributed by atoms with E-state index in [0.29, 0.717) is 24.3 Å². The number of nitrogens with one attached hydrogen (secondary N) is 1. The van der Waals surface area contributed by atoms with Crippen LogP contribution in [0.25, 0.3) is 0 Å². The van der Waals surface area contributed by atoms with Crippen molar-refractivity contribution >= 4 is 57.7 Å². The highest BCUT2D eigenvalue weighted by Gasteiger charge is 2.56. The largest absolute Gasteiger partial charge is 0.478 e. The van der Waals surface area contributed by atoms with E-state index in [-0.39, 0.29) is 26.9 Å². The van der Waals surface area contributed by atoms with Gasteiger partial charge in [0.05, 0.1) is 14.1 Å². The number of hydrogen-bond acceptors (Lipinski definition) is 11. The number of hydroxylamine groups is 3. The van der Waals surface area contributed by atoms with Crippen molar-refractivity contribution in [3.63, 3.8) is 0 Å². The van der Waals surface area contributed by atoms with Crippen LogP contribution in [0.5, 0.6) is 0 Å². The highest BCUT2D eigenvalue weighted by molar-refractivity contribution is 8.00. The van der Waals surface area contributed by atoms with Crippen molar-refractivity contribution in [3.05, 3.63) is 22.3 Å². The highest BCUT2D eigenvalue weighted by Crippen LogP contribution is 2.43. The quantitative estimate of drug-likeness (QED) is 0.144. The Hall–Kier alpha value is -3.21. The maximum Gasteiger partial charge on any atom is 0.352 e. The minimum absolute atomic E-state index is 0.0358. The van der Waals surface area contributed by atoms with Gasteiger partial charge in [-0.25, -0.2) is 14.6 Å². The van der Waals surface area contributed by atoms with E-state index >= 15 is 0 Å². The van der Waals surface area contributed by atoms with Crippen molar-refractivity contribution in [1.29, 1.82) is 0 Å². The first kappa shape index (κ1) is 26.8. The number of thioether (sulfide) groups is 1. The van der Waals surface area contributed by atoms with Gasteiger partial charge in [-0.15, -0.1) is 23.1 Å². The molecule has 1 aromatic heterocycles. The number of carbonyl (C=O) groups is 4. The summed E-state index contributed by atoms with van der Waals surface area (Å²) in [6.07, 6.45) is 0.190. The van der Waals surface area contributed by atoms with Crippen LogP contribution in [0, 0.1) is 0 Å². The van der Waals surface area contributed by atoms with Crippen LogP contribution in [0.2, 0.25) is 0 Å². The third kappa shape index (κ3) is 5.14. The first-order valence-corrected chi connectivity index (χ1v) is 13.1. The van der Waals surface area contributed by atoms with E-state index in [0.717, 1.165) is 11.3 Å². The number of carboxylic acids is 2. The summed E-state index contributed by atoms with van der Waals surface area (Å²) < 4.78 is 0.284. The summed E-state index contributed by atoms with van der Waals surface area (Å²) in [6, 6.07) is -1.04. The number of aromatic nitrogens is 1. The molecule has 16 heteroatoms. The van der Waals surface area contributed by atoms with Crippen LogP contribution in [0.4, 0.5) is 5.13 Å². The molecular weight excluding hydrogens is 528 g/mol. The standard InChI is InChI=1S/C21H26N6O8S2/c1-21(2,19(32)33)35-25-12(10-8-37-20(22)23-10)15(28)24-13-16(29)26-14(18(30)31)9(7-36-17(13)26)11-5-6-27(3,4)34-11/h8,11,13,17H,5-7H2,1-4H3,(H4-,22,23,24,28,30,31,32,33)/p+1/b25-12-/t11-,13?,17?/m0/s1. The van der Waals surface area contributed by atoms with Gasteiger partial charge in [0, 0.05) is 23.1 Å². The number of β-lactam (4-membered cyclic amide) rings is 1.